The van der Waals surface area contributed by atoms with Crippen LogP contribution in [0, 0.1) is 6.92 Å². The molecule has 2 heterocycles. The molecule has 130 valence electrons. The van der Waals surface area contributed by atoms with Crippen LogP contribution < -0.4 is 14.9 Å². The summed E-state index contributed by atoms with van der Waals surface area (Å²) in [6, 6.07) is 12.9. The van der Waals surface area contributed by atoms with E-state index in [9.17, 15) is 8.42 Å². The van der Waals surface area contributed by atoms with E-state index in [1.165, 1.54) is 10.7 Å². The molecule has 0 saturated carbocycles. The number of ether oxygens (including phenoxy) is 2. The van der Waals surface area contributed by atoms with Gasteiger partial charge in [-0.05, 0) is 36.3 Å². The Morgan fingerprint density at radius 2 is 1.80 bits per heavy atom. The Morgan fingerprint density at radius 3 is 2.52 bits per heavy atom. The first-order valence-electron chi connectivity index (χ1n) is 7.86. The summed E-state index contributed by atoms with van der Waals surface area (Å²) >= 11 is 0. The molecule has 25 heavy (non-hydrogen) atoms. The van der Waals surface area contributed by atoms with Gasteiger partial charge in [0, 0.05) is 0 Å². The van der Waals surface area contributed by atoms with Gasteiger partial charge in [-0.1, -0.05) is 35.9 Å². The Morgan fingerprint density at radius 1 is 1.08 bits per heavy atom. The van der Waals surface area contributed by atoms with Crippen LogP contribution in [-0.4, -0.2) is 25.9 Å². The second-order valence-electron chi connectivity index (χ2n) is 6.17. The van der Waals surface area contributed by atoms with E-state index < -0.39 is 16.1 Å². The monoisotopic (exact) mass is 358 g/mol. The van der Waals surface area contributed by atoms with E-state index in [1.807, 2.05) is 49.4 Å². The lowest BCUT2D eigenvalue weighted by Crippen LogP contribution is -2.38. The van der Waals surface area contributed by atoms with Gasteiger partial charge in [0.2, 0.25) is 16.8 Å². The molecule has 0 saturated heterocycles. The summed E-state index contributed by atoms with van der Waals surface area (Å²) in [6.07, 6.45) is 3.09. The van der Waals surface area contributed by atoms with E-state index in [1.54, 1.807) is 6.07 Å². The summed E-state index contributed by atoms with van der Waals surface area (Å²) < 4.78 is 36.5. The number of rotatable bonds is 3. The van der Waals surface area contributed by atoms with Crippen molar-refractivity contribution in [1.82, 2.24) is 9.84 Å². The zero-order chi connectivity index (χ0) is 17.6. The molecule has 2 aromatic carbocycles. The highest BCUT2D eigenvalue weighted by atomic mass is 32.2. The fraction of sp³-hybridized carbons (Fsp3) is 0.222. The van der Waals surface area contributed by atoms with Gasteiger partial charge >= 0.3 is 0 Å². The van der Waals surface area contributed by atoms with Gasteiger partial charge in [0.15, 0.2) is 11.5 Å². The van der Waals surface area contributed by atoms with Gasteiger partial charge in [-0.25, -0.2) is 8.42 Å². The van der Waals surface area contributed by atoms with Crippen LogP contribution in [0.25, 0.3) is 5.70 Å². The third kappa shape index (κ3) is 2.96. The van der Waals surface area contributed by atoms with E-state index in [0.717, 1.165) is 22.4 Å². The molecule has 1 N–H and O–H groups in total. The summed E-state index contributed by atoms with van der Waals surface area (Å²) in [6.45, 7) is 2.19. The first kappa shape index (κ1) is 16.0. The molecule has 6 nitrogen and oxygen atoms in total. The zero-order valence-corrected chi connectivity index (χ0v) is 14.7. The van der Waals surface area contributed by atoms with E-state index in [-0.39, 0.29) is 6.79 Å². The average molecular weight is 358 g/mol. The van der Waals surface area contributed by atoms with Crippen LogP contribution in [0.5, 0.6) is 11.5 Å². The van der Waals surface area contributed by atoms with Crippen molar-refractivity contribution < 1.29 is 17.9 Å². The average Bonchev–Trinajstić information content (AvgIpc) is 3.21. The van der Waals surface area contributed by atoms with Crippen molar-refractivity contribution in [1.29, 1.82) is 0 Å². The van der Waals surface area contributed by atoms with Crippen molar-refractivity contribution in [2.45, 2.75) is 13.0 Å². The Labute approximate surface area is 146 Å². The van der Waals surface area contributed by atoms with E-state index in [4.69, 9.17) is 9.47 Å². The highest BCUT2D eigenvalue weighted by Gasteiger charge is 2.34. The van der Waals surface area contributed by atoms with Crippen LogP contribution in [0.1, 0.15) is 22.7 Å². The smallest absolute Gasteiger partial charge is 0.231 e. The minimum atomic E-state index is -3.46. The molecule has 2 aliphatic heterocycles. The van der Waals surface area contributed by atoms with E-state index in [2.05, 4.69) is 5.43 Å². The molecule has 0 fully saturated rings. The number of benzene rings is 2. The van der Waals surface area contributed by atoms with Crippen molar-refractivity contribution in [3.63, 3.8) is 0 Å². The second-order valence-corrected chi connectivity index (χ2v) is 8.03. The first-order chi connectivity index (χ1) is 11.9. The molecule has 7 heteroatoms. The highest BCUT2D eigenvalue weighted by Crippen LogP contribution is 2.38. The van der Waals surface area contributed by atoms with Gasteiger partial charge in [0.1, 0.15) is 0 Å². The van der Waals surface area contributed by atoms with Gasteiger partial charge in [-0.2, -0.15) is 0 Å². The molecule has 2 aromatic rings. The maximum Gasteiger partial charge on any atom is 0.231 e. The topological polar surface area (TPSA) is 67.9 Å². The minimum absolute atomic E-state index is 0.182. The number of hydrazine groups is 1. The van der Waals surface area contributed by atoms with Gasteiger partial charge < -0.3 is 14.9 Å². The van der Waals surface area contributed by atoms with Crippen LogP contribution in [0.15, 0.2) is 48.5 Å². The van der Waals surface area contributed by atoms with Gasteiger partial charge in [-0.15, -0.1) is 4.41 Å². The molecule has 0 aromatic heterocycles. The second kappa shape index (κ2) is 5.79. The van der Waals surface area contributed by atoms with Crippen molar-refractivity contribution in [3.8, 4) is 11.5 Å². The Bertz CT molecular complexity index is 952. The Balaban J connectivity index is 1.75. The number of aryl methyl sites for hydroxylation is 1. The number of hydrogen-bond donors (Lipinski definition) is 1. The molecule has 0 radical (unpaired) electrons. The minimum Gasteiger partial charge on any atom is -0.454 e. The van der Waals surface area contributed by atoms with Gasteiger partial charge in [0.25, 0.3) is 0 Å². The largest absolute Gasteiger partial charge is 0.454 e. The predicted molar refractivity (Wildman–Crippen MR) is 94.3 cm³/mol. The summed E-state index contributed by atoms with van der Waals surface area (Å²) in [5, 5.41) is 0. The van der Waals surface area contributed by atoms with Crippen molar-refractivity contribution in [2.75, 3.05) is 13.0 Å². The first-order valence-corrected chi connectivity index (χ1v) is 9.71. The fourth-order valence-corrected chi connectivity index (χ4v) is 3.82. The third-order valence-electron chi connectivity index (χ3n) is 4.27. The van der Waals surface area contributed by atoms with E-state index >= 15 is 0 Å². The van der Waals surface area contributed by atoms with Gasteiger partial charge in [-0.3, -0.25) is 0 Å². The van der Waals surface area contributed by atoms with Crippen molar-refractivity contribution >= 4 is 15.7 Å². The van der Waals surface area contributed by atoms with Crippen LogP contribution >= 0.6 is 0 Å². The number of nitrogens with zero attached hydrogens (tertiary/aromatic N) is 1. The quantitative estimate of drug-likeness (QED) is 0.913. The molecule has 2 aliphatic rings. The summed E-state index contributed by atoms with van der Waals surface area (Å²) in [4.78, 5) is 0. The normalized spacial score (nSPS) is 19.6. The van der Waals surface area contributed by atoms with E-state index in [0.29, 0.717) is 11.5 Å². The summed E-state index contributed by atoms with van der Waals surface area (Å²) in [5.41, 5.74) is 6.67. The molecule has 1 atom stereocenters. The van der Waals surface area contributed by atoms with Crippen molar-refractivity contribution in [2.24, 2.45) is 0 Å². The van der Waals surface area contributed by atoms with Crippen LogP contribution in [0.4, 0.5) is 0 Å². The third-order valence-corrected chi connectivity index (χ3v) is 5.30. The van der Waals surface area contributed by atoms with Crippen LogP contribution in [0.2, 0.25) is 0 Å². The van der Waals surface area contributed by atoms with Crippen molar-refractivity contribution in [3.05, 3.63) is 65.2 Å². The summed E-state index contributed by atoms with van der Waals surface area (Å²) in [5.74, 6) is 1.30. The lowest BCUT2D eigenvalue weighted by Gasteiger charge is -2.23. The predicted octanol–water partition coefficient (Wildman–Crippen LogP) is 2.59. The lowest BCUT2D eigenvalue weighted by molar-refractivity contribution is 0.174. The zero-order valence-electron chi connectivity index (χ0n) is 13.9. The molecule has 0 unspecified atom stereocenters. The molecular weight excluding hydrogens is 340 g/mol. The van der Waals surface area contributed by atoms with Crippen LogP contribution in [0.3, 0.4) is 0 Å². The number of nitrogens with one attached hydrogen (secondary N) is 1. The number of sulfonamides is 1. The SMILES string of the molecule is Cc1ccc(C2=C[C@H](c3ccc4c(c3)OCO4)N(S(C)(=O)=O)N2)cc1. The molecule has 0 bridgehead atoms. The Kier molecular flexibility index (Phi) is 3.70. The molecule has 4 rings (SSSR count). The fourth-order valence-electron chi connectivity index (χ4n) is 2.96. The molecule has 0 spiro atoms. The molecule has 0 aliphatic carbocycles. The van der Waals surface area contributed by atoms with Crippen LogP contribution in [-0.2, 0) is 10.0 Å². The Hall–Kier alpha value is -2.51. The maximum atomic E-state index is 12.3. The highest BCUT2D eigenvalue weighted by molar-refractivity contribution is 7.88. The molecule has 0 amide bonds. The summed E-state index contributed by atoms with van der Waals surface area (Å²) in [7, 11) is -3.46. The molecular formula is C18H18N2O4S. The lowest BCUT2D eigenvalue weighted by atomic mass is 10.0. The number of hydrogen-bond acceptors (Lipinski definition) is 5. The number of fused-ring (bicyclic) bond motifs is 1. The maximum absolute atomic E-state index is 12.3. The van der Waals surface area contributed by atoms with Gasteiger partial charge in [0.05, 0.1) is 18.0 Å². The standard InChI is InChI=1S/C18H18N2O4S/c1-12-3-5-13(6-4-12)15-10-16(20(19-15)25(2,21)22)14-7-8-17-18(9-14)24-11-23-17/h3-10,16,19H,11H2,1-2H3/t16-/m1/s1.